The molecular formula is C11H18O. The molecule has 0 aliphatic heterocycles. The number of aldehydes is 1. The molecule has 0 heterocycles. The van der Waals surface area contributed by atoms with Crippen LogP contribution in [-0.4, -0.2) is 6.29 Å². The van der Waals surface area contributed by atoms with E-state index in [0.717, 1.165) is 31.1 Å². The smallest absolute Gasteiger partial charge is 0.145 e. The average molecular weight is 166 g/mol. The molecule has 12 heavy (non-hydrogen) atoms. The Kier molecular flexibility index (Phi) is 6.35. The summed E-state index contributed by atoms with van der Waals surface area (Å²) < 4.78 is 0. The van der Waals surface area contributed by atoms with E-state index in [1.807, 2.05) is 13.0 Å². The molecule has 1 atom stereocenters. The summed E-state index contributed by atoms with van der Waals surface area (Å²) in [6.45, 7) is 7.82. The van der Waals surface area contributed by atoms with E-state index in [-0.39, 0.29) is 0 Å². The minimum absolute atomic E-state index is 0.489. The maximum Gasteiger partial charge on any atom is 0.145 e. The first kappa shape index (κ1) is 11.2. The van der Waals surface area contributed by atoms with Crippen LogP contribution in [0.25, 0.3) is 0 Å². The summed E-state index contributed by atoms with van der Waals surface area (Å²) >= 11 is 0. The van der Waals surface area contributed by atoms with Gasteiger partial charge in [0.2, 0.25) is 0 Å². The molecule has 68 valence electrons. The molecule has 0 aromatic heterocycles. The fraction of sp³-hybridized carbons (Fsp3) is 0.545. The van der Waals surface area contributed by atoms with Crippen molar-refractivity contribution in [3.05, 3.63) is 24.3 Å². The normalized spacial score (nSPS) is 14.0. The van der Waals surface area contributed by atoms with Gasteiger partial charge in [-0.15, -0.1) is 6.58 Å². The largest absolute Gasteiger partial charge is 0.298 e. The Balaban J connectivity index is 4.20. The quantitative estimate of drug-likeness (QED) is 0.336. The zero-order valence-electron chi connectivity index (χ0n) is 8.05. The van der Waals surface area contributed by atoms with Crippen molar-refractivity contribution < 1.29 is 4.79 Å². The van der Waals surface area contributed by atoms with Crippen molar-refractivity contribution in [1.82, 2.24) is 0 Å². The zero-order valence-corrected chi connectivity index (χ0v) is 8.05. The Hall–Kier alpha value is -0.850. The lowest BCUT2D eigenvalue weighted by molar-refractivity contribution is -0.105. The molecule has 1 heteroatoms. The maximum atomic E-state index is 10.5. The van der Waals surface area contributed by atoms with Crippen LogP contribution in [0.2, 0.25) is 0 Å². The molecule has 0 amide bonds. The first-order valence-electron chi connectivity index (χ1n) is 4.55. The number of hydrogen-bond acceptors (Lipinski definition) is 1. The van der Waals surface area contributed by atoms with Gasteiger partial charge < -0.3 is 0 Å². The highest BCUT2D eigenvalue weighted by atomic mass is 16.1. The van der Waals surface area contributed by atoms with Crippen LogP contribution in [0, 0.1) is 5.92 Å². The first-order valence-corrected chi connectivity index (χ1v) is 4.55. The van der Waals surface area contributed by atoms with Crippen LogP contribution < -0.4 is 0 Å². The first-order chi connectivity index (χ1) is 5.78. The van der Waals surface area contributed by atoms with Crippen LogP contribution in [-0.2, 0) is 4.79 Å². The van der Waals surface area contributed by atoms with Crippen molar-refractivity contribution in [2.24, 2.45) is 5.92 Å². The Labute approximate surface area is 75.2 Å². The van der Waals surface area contributed by atoms with Crippen LogP contribution in [0.3, 0.4) is 0 Å². The van der Waals surface area contributed by atoms with E-state index in [2.05, 4.69) is 19.6 Å². The van der Waals surface area contributed by atoms with Crippen molar-refractivity contribution in [3.63, 3.8) is 0 Å². The molecule has 1 nitrogen and oxygen atoms in total. The highest BCUT2D eigenvalue weighted by Crippen LogP contribution is 2.13. The summed E-state index contributed by atoms with van der Waals surface area (Å²) in [6, 6.07) is 0. The number of carbonyl (C=O) groups excluding carboxylic acids is 1. The lowest BCUT2D eigenvalue weighted by atomic mass is 9.99. The van der Waals surface area contributed by atoms with E-state index in [1.165, 1.54) is 0 Å². The van der Waals surface area contributed by atoms with E-state index in [0.29, 0.717) is 5.92 Å². The predicted octanol–water partition coefficient (Wildman–Crippen LogP) is 3.12. The second kappa shape index (κ2) is 6.84. The summed E-state index contributed by atoms with van der Waals surface area (Å²) in [5, 5.41) is 0. The van der Waals surface area contributed by atoms with Gasteiger partial charge in [0.25, 0.3) is 0 Å². The van der Waals surface area contributed by atoms with Crippen molar-refractivity contribution in [1.29, 1.82) is 0 Å². The minimum Gasteiger partial charge on any atom is -0.298 e. The van der Waals surface area contributed by atoms with Gasteiger partial charge >= 0.3 is 0 Å². The van der Waals surface area contributed by atoms with E-state index >= 15 is 0 Å². The van der Waals surface area contributed by atoms with Crippen LogP contribution in [0.4, 0.5) is 0 Å². The van der Waals surface area contributed by atoms with E-state index in [4.69, 9.17) is 0 Å². The molecule has 0 radical (unpaired) electrons. The molecule has 0 fully saturated rings. The van der Waals surface area contributed by atoms with E-state index < -0.39 is 0 Å². The fourth-order valence-corrected chi connectivity index (χ4v) is 1.11. The SMILES string of the molecule is C=CC[C@@H](/C=C(/C=O)CC)CC. The number of rotatable bonds is 6. The highest BCUT2D eigenvalue weighted by Gasteiger charge is 2.01. The summed E-state index contributed by atoms with van der Waals surface area (Å²) in [4.78, 5) is 10.5. The van der Waals surface area contributed by atoms with Crippen molar-refractivity contribution in [3.8, 4) is 0 Å². The minimum atomic E-state index is 0.489. The van der Waals surface area contributed by atoms with E-state index in [9.17, 15) is 4.79 Å². The van der Waals surface area contributed by atoms with Gasteiger partial charge in [-0.25, -0.2) is 0 Å². The Bertz CT molecular complexity index is 168. The number of hydrogen-bond donors (Lipinski definition) is 0. The second-order valence-electron chi connectivity index (χ2n) is 2.91. The van der Waals surface area contributed by atoms with Crippen molar-refractivity contribution in [2.45, 2.75) is 33.1 Å². The zero-order chi connectivity index (χ0) is 9.40. The molecule has 0 N–H and O–H groups in total. The molecule has 0 saturated carbocycles. The van der Waals surface area contributed by atoms with Crippen molar-refractivity contribution >= 4 is 6.29 Å². The van der Waals surface area contributed by atoms with Crippen LogP contribution in [0.5, 0.6) is 0 Å². The standard InChI is InChI=1S/C11H18O/c1-4-7-10(5-2)8-11(6-3)9-12/h4,8-10H,1,5-7H2,2-3H3/b11-8+/t10-/m0/s1. The molecule has 0 rings (SSSR count). The van der Waals surface area contributed by atoms with Gasteiger partial charge in [0.05, 0.1) is 0 Å². The summed E-state index contributed by atoms with van der Waals surface area (Å²) in [6.07, 6.45) is 7.79. The fourth-order valence-electron chi connectivity index (χ4n) is 1.11. The lowest BCUT2D eigenvalue weighted by Crippen LogP contribution is -1.95. The van der Waals surface area contributed by atoms with Crippen LogP contribution >= 0.6 is 0 Å². The lowest BCUT2D eigenvalue weighted by Gasteiger charge is -2.07. The van der Waals surface area contributed by atoms with E-state index in [1.54, 1.807) is 0 Å². The highest BCUT2D eigenvalue weighted by molar-refractivity contribution is 5.72. The second-order valence-corrected chi connectivity index (χ2v) is 2.91. The topological polar surface area (TPSA) is 17.1 Å². The van der Waals surface area contributed by atoms with Gasteiger partial charge in [0, 0.05) is 0 Å². The Morgan fingerprint density at radius 3 is 2.50 bits per heavy atom. The van der Waals surface area contributed by atoms with Gasteiger partial charge in [0.1, 0.15) is 6.29 Å². The van der Waals surface area contributed by atoms with Gasteiger partial charge in [-0.3, -0.25) is 4.79 Å². The monoisotopic (exact) mass is 166 g/mol. The summed E-state index contributed by atoms with van der Waals surface area (Å²) in [7, 11) is 0. The van der Waals surface area contributed by atoms with Gasteiger partial charge in [-0.1, -0.05) is 26.0 Å². The Morgan fingerprint density at radius 2 is 2.17 bits per heavy atom. The molecule has 0 bridgehead atoms. The number of carbonyl (C=O) groups is 1. The molecule has 0 aromatic carbocycles. The number of allylic oxidation sites excluding steroid dienone is 3. The van der Waals surface area contributed by atoms with Gasteiger partial charge in [0.15, 0.2) is 0 Å². The maximum absolute atomic E-state index is 10.5. The third-order valence-electron chi connectivity index (χ3n) is 2.00. The van der Waals surface area contributed by atoms with Crippen LogP contribution in [0.1, 0.15) is 33.1 Å². The van der Waals surface area contributed by atoms with Gasteiger partial charge in [-0.2, -0.15) is 0 Å². The molecule has 0 aliphatic carbocycles. The van der Waals surface area contributed by atoms with Crippen LogP contribution in [0.15, 0.2) is 24.3 Å². The molecule has 0 spiro atoms. The predicted molar refractivity (Wildman–Crippen MR) is 53.0 cm³/mol. The molecule has 0 aliphatic rings. The summed E-state index contributed by atoms with van der Waals surface area (Å²) in [5.74, 6) is 0.489. The molecule has 0 saturated heterocycles. The van der Waals surface area contributed by atoms with Gasteiger partial charge in [-0.05, 0) is 30.8 Å². The Morgan fingerprint density at radius 1 is 1.50 bits per heavy atom. The third kappa shape index (κ3) is 4.12. The average Bonchev–Trinajstić information content (AvgIpc) is 2.12. The molecule has 0 unspecified atom stereocenters. The summed E-state index contributed by atoms with van der Waals surface area (Å²) in [5.41, 5.74) is 0.906. The molecular weight excluding hydrogens is 148 g/mol. The van der Waals surface area contributed by atoms with Crippen molar-refractivity contribution in [2.75, 3.05) is 0 Å². The third-order valence-corrected chi connectivity index (χ3v) is 2.00. The molecule has 0 aromatic rings.